The van der Waals surface area contributed by atoms with Crippen LogP contribution in [-0.4, -0.2) is 35.6 Å². The topological polar surface area (TPSA) is 88.5 Å². The van der Waals surface area contributed by atoms with Crippen molar-refractivity contribution in [1.29, 1.82) is 5.26 Å². The fourth-order valence-corrected chi connectivity index (χ4v) is 4.80. The molecule has 0 radical (unpaired) electrons. The lowest BCUT2D eigenvalue weighted by atomic mass is 9.84. The summed E-state index contributed by atoms with van der Waals surface area (Å²) in [5.74, 6) is -0.126. The van der Waals surface area contributed by atoms with E-state index in [1.54, 1.807) is 0 Å². The number of nitriles is 1. The molecular formula is C24H27N5O2. The van der Waals surface area contributed by atoms with Crippen LogP contribution < -0.4 is 15.6 Å². The molecule has 2 aromatic carbocycles. The maximum absolute atomic E-state index is 13.2. The van der Waals surface area contributed by atoms with Gasteiger partial charge in [-0.2, -0.15) is 5.26 Å². The van der Waals surface area contributed by atoms with Crippen LogP contribution in [0.1, 0.15) is 41.5 Å². The number of piperidine rings is 1. The van der Waals surface area contributed by atoms with Crippen LogP contribution in [0.25, 0.3) is 0 Å². The Hall–Kier alpha value is -3.53. The van der Waals surface area contributed by atoms with Crippen LogP contribution in [0.3, 0.4) is 0 Å². The number of hydrogen-bond acceptors (Lipinski definition) is 4. The number of amides is 3. The number of nitrogens with one attached hydrogen (secondary N) is 2. The van der Waals surface area contributed by atoms with Crippen LogP contribution in [0.4, 0.5) is 16.2 Å². The Morgan fingerprint density at radius 1 is 1.10 bits per heavy atom. The van der Waals surface area contributed by atoms with Gasteiger partial charge < -0.3 is 10.2 Å². The van der Waals surface area contributed by atoms with E-state index in [1.807, 2.05) is 57.2 Å². The van der Waals surface area contributed by atoms with Crippen molar-refractivity contribution in [3.05, 3.63) is 58.7 Å². The quantitative estimate of drug-likeness (QED) is 0.778. The molecule has 7 heteroatoms. The highest BCUT2D eigenvalue weighted by Crippen LogP contribution is 2.37. The summed E-state index contributed by atoms with van der Waals surface area (Å²) in [6, 6.07) is 13.4. The van der Waals surface area contributed by atoms with Crippen LogP contribution in [0.5, 0.6) is 0 Å². The first-order chi connectivity index (χ1) is 14.8. The molecule has 2 saturated heterocycles. The second-order valence-corrected chi connectivity index (χ2v) is 8.62. The first kappa shape index (κ1) is 20.7. The molecule has 0 aliphatic carbocycles. The van der Waals surface area contributed by atoms with Crippen molar-refractivity contribution < 1.29 is 9.59 Å². The number of anilines is 2. The molecule has 3 amide bonds. The Bertz CT molecular complexity index is 1040. The van der Waals surface area contributed by atoms with E-state index in [0.717, 1.165) is 41.2 Å². The van der Waals surface area contributed by atoms with Gasteiger partial charge in [-0.3, -0.25) is 10.2 Å². The molecule has 31 heavy (non-hydrogen) atoms. The van der Waals surface area contributed by atoms with Crippen molar-refractivity contribution in [3.63, 3.8) is 0 Å². The zero-order valence-corrected chi connectivity index (χ0v) is 18.2. The Balaban J connectivity index is 1.50. The van der Waals surface area contributed by atoms with E-state index in [2.05, 4.69) is 21.7 Å². The van der Waals surface area contributed by atoms with Gasteiger partial charge >= 0.3 is 6.03 Å². The number of urea groups is 1. The molecule has 2 heterocycles. The van der Waals surface area contributed by atoms with Gasteiger partial charge in [-0.15, -0.1) is 0 Å². The smallest absolute Gasteiger partial charge is 0.341 e. The maximum Gasteiger partial charge on any atom is 0.341 e. The van der Waals surface area contributed by atoms with Crippen LogP contribution >= 0.6 is 0 Å². The number of carbonyl (C=O) groups excluding carboxylic acids is 2. The Morgan fingerprint density at radius 2 is 1.71 bits per heavy atom. The second kappa shape index (κ2) is 7.95. The summed E-state index contributed by atoms with van der Waals surface area (Å²) in [5, 5.41) is 13.5. The summed E-state index contributed by atoms with van der Waals surface area (Å²) in [4.78, 5) is 27.7. The van der Waals surface area contributed by atoms with Crippen molar-refractivity contribution in [2.45, 2.75) is 45.6 Å². The Kier molecular flexibility index (Phi) is 5.32. The van der Waals surface area contributed by atoms with Gasteiger partial charge in [-0.05, 0) is 69.0 Å². The molecule has 0 atom stereocenters. The number of carbonyl (C=O) groups is 2. The van der Waals surface area contributed by atoms with Gasteiger partial charge in [0.05, 0.1) is 23.6 Å². The van der Waals surface area contributed by atoms with Crippen LogP contribution in [0.15, 0.2) is 36.4 Å². The van der Waals surface area contributed by atoms with Gasteiger partial charge in [0, 0.05) is 24.5 Å². The average Bonchev–Trinajstić information content (AvgIpc) is 3.06. The number of rotatable bonds is 2. The van der Waals surface area contributed by atoms with Gasteiger partial charge in [-0.25, -0.2) is 9.80 Å². The standard InChI is InChI=1S/C24H27N5O2/c1-16-12-17(2)22(18(3)13-16)26-23(31)29-24(14-21(30)27-29)8-10-28(11-9-24)20-6-4-19(15-25)5-7-20/h4-7,12-13H,8-11,14H2,1-3H3,(H,26,31)(H,27,30). The summed E-state index contributed by atoms with van der Waals surface area (Å²) >= 11 is 0. The largest absolute Gasteiger partial charge is 0.371 e. The predicted molar refractivity (Wildman–Crippen MR) is 120 cm³/mol. The lowest BCUT2D eigenvalue weighted by Crippen LogP contribution is -2.58. The van der Waals surface area contributed by atoms with E-state index in [-0.39, 0.29) is 11.9 Å². The summed E-state index contributed by atoms with van der Waals surface area (Å²) in [7, 11) is 0. The lowest BCUT2D eigenvalue weighted by molar-refractivity contribution is -0.120. The normalized spacial score (nSPS) is 17.4. The van der Waals surface area contributed by atoms with Gasteiger partial charge in [0.25, 0.3) is 0 Å². The highest BCUT2D eigenvalue weighted by molar-refractivity contribution is 5.95. The molecule has 4 rings (SSSR count). The summed E-state index contributed by atoms with van der Waals surface area (Å²) in [5.41, 5.74) is 7.87. The van der Waals surface area contributed by atoms with E-state index < -0.39 is 5.54 Å². The lowest BCUT2D eigenvalue weighted by Gasteiger charge is -2.44. The third kappa shape index (κ3) is 3.93. The molecule has 0 bridgehead atoms. The highest BCUT2D eigenvalue weighted by Gasteiger charge is 2.49. The van der Waals surface area contributed by atoms with E-state index in [0.29, 0.717) is 24.8 Å². The Labute approximate surface area is 182 Å². The van der Waals surface area contributed by atoms with E-state index in [1.165, 1.54) is 5.01 Å². The number of benzene rings is 2. The molecule has 0 aromatic heterocycles. The fraction of sp³-hybridized carbons (Fsp3) is 0.375. The van der Waals surface area contributed by atoms with Crippen LogP contribution in [0, 0.1) is 32.1 Å². The first-order valence-corrected chi connectivity index (χ1v) is 10.5. The van der Waals surface area contributed by atoms with Crippen molar-refractivity contribution in [3.8, 4) is 6.07 Å². The molecule has 160 valence electrons. The molecule has 1 spiro atoms. The zero-order valence-electron chi connectivity index (χ0n) is 18.2. The fourth-order valence-electron chi connectivity index (χ4n) is 4.80. The number of aryl methyl sites for hydroxylation is 3. The second-order valence-electron chi connectivity index (χ2n) is 8.62. The van der Waals surface area contributed by atoms with Gasteiger partial charge in [0.15, 0.2) is 0 Å². The molecular weight excluding hydrogens is 390 g/mol. The average molecular weight is 418 g/mol. The monoisotopic (exact) mass is 417 g/mol. The molecule has 0 saturated carbocycles. The minimum absolute atomic E-state index is 0.126. The molecule has 2 N–H and O–H groups in total. The molecule has 2 fully saturated rings. The highest BCUT2D eigenvalue weighted by atomic mass is 16.2. The van der Waals surface area contributed by atoms with E-state index in [9.17, 15) is 9.59 Å². The van der Waals surface area contributed by atoms with Crippen molar-refractivity contribution in [1.82, 2.24) is 10.4 Å². The molecule has 0 unspecified atom stereocenters. The molecule has 2 aliphatic heterocycles. The summed E-state index contributed by atoms with van der Waals surface area (Å²) < 4.78 is 0. The molecule has 2 aliphatic rings. The van der Waals surface area contributed by atoms with Gasteiger partial charge in [0.2, 0.25) is 5.91 Å². The third-order valence-corrected chi connectivity index (χ3v) is 6.37. The zero-order chi connectivity index (χ0) is 22.2. The third-order valence-electron chi connectivity index (χ3n) is 6.37. The first-order valence-electron chi connectivity index (χ1n) is 10.5. The molecule has 7 nitrogen and oxygen atoms in total. The minimum atomic E-state index is -0.531. The predicted octanol–water partition coefficient (Wildman–Crippen LogP) is 3.79. The number of nitrogens with zero attached hydrogens (tertiary/aromatic N) is 3. The van der Waals surface area contributed by atoms with Crippen molar-refractivity contribution in [2.75, 3.05) is 23.3 Å². The molecule has 2 aromatic rings. The van der Waals surface area contributed by atoms with Gasteiger partial charge in [0.1, 0.15) is 0 Å². The summed E-state index contributed by atoms with van der Waals surface area (Å²) in [6.07, 6.45) is 1.68. The number of hydrogen-bond donors (Lipinski definition) is 2. The van der Waals surface area contributed by atoms with Crippen LogP contribution in [-0.2, 0) is 4.79 Å². The van der Waals surface area contributed by atoms with E-state index >= 15 is 0 Å². The van der Waals surface area contributed by atoms with Crippen molar-refractivity contribution in [2.24, 2.45) is 0 Å². The summed E-state index contributed by atoms with van der Waals surface area (Å²) in [6.45, 7) is 7.44. The van der Waals surface area contributed by atoms with Crippen LogP contribution in [0.2, 0.25) is 0 Å². The Morgan fingerprint density at radius 3 is 2.29 bits per heavy atom. The SMILES string of the molecule is Cc1cc(C)c(NC(=O)N2NC(=O)CC23CCN(c2ccc(C#N)cc2)CC3)c(C)c1. The van der Waals surface area contributed by atoms with Gasteiger partial charge in [-0.1, -0.05) is 17.7 Å². The van der Waals surface area contributed by atoms with Crippen molar-refractivity contribution >= 4 is 23.3 Å². The van der Waals surface area contributed by atoms with E-state index in [4.69, 9.17) is 5.26 Å². The maximum atomic E-state index is 13.2. The number of hydrazine groups is 1. The minimum Gasteiger partial charge on any atom is -0.371 e.